The van der Waals surface area contributed by atoms with Crippen LogP contribution < -0.4 is 4.90 Å². The molecule has 296 valence electrons. The highest BCUT2D eigenvalue weighted by Gasteiger charge is 2.20. The molecule has 0 atom stereocenters. The van der Waals surface area contributed by atoms with E-state index < -0.39 is 0 Å². The van der Waals surface area contributed by atoms with E-state index in [-0.39, 0.29) is 0 Å². The zero-order chi connectivity index (χ0) is 42.0. The molecule has 0 amide bonds. The van der Waals surface area contributed by atoms with Gasteiger partial charge < -0.3 is 4.90 Å². The number of rotatable bonds is 9. The van der Waals surface area contributed by atoms with Crippen LogP contribution >= 0.6 is 0 Å². The maximum absolute atomic E-state index is 2.43. The summed E-state index contributed by atoms with van der Waals surface area (Å²) in [7, 11) is 0. The second-order valence-electron chi connectivity index (χ2n) is 16.1. The van der Waals surface area contributed by atoms with Crippen LogP contribution in [0.15, 0.2) is 261 Å². The van der Waals surface area contributed by atoms with Crippen LogP contribution in [0.4, 0.5) is 17.1 Å². The molecule has 0 aliphatic carbocycles. The third-order valence-corrected chi connectivity index (χ3v) is 12.3. The first-order chi connectivity index (χ1) is 31.2. The second-order valence-corrected chi connectivity index (χ2v) is 16.1. The van der Waals surface area contributed by atoms with E-state index in [4.69, 9.17) is 0 Å². The largest absolute Gasteiger partial charge is 0.310 e. The average Bonchev–Trinajstić information content (AvgIpc) is 3.37. The molecule has 0 aliphatic rings. The Kier molecular flexibility index (Phi) is 9.97. The summed E-state index contributed by atoms with van der Waals surface area (Å²) in [6.45, 7) is 0. The predicted molar refractivity (Wildman–Crippen MR) is 269 cm³/mol. The molecule has 0 spiro atoms. The summed E-state index contributed by atoms with van der Waals surface area (Å²) in [5, 5.41) is 5.03. The van der Waals surface area contributed by atoms with E-state index in [9.17, 15) is 0 Å². The van der Waals surface area contributed by atoms with E-state index in [1.807, 2.05) is 0 Å². The fourth-order valence-corrected chi connectivity index (χ4v) is 9.19. The van der Waals surface area contributed by atoms with Gasteiger partial charge >= 0.3 is 0 Å². The minimum absolute atomic E-state index is 1.08. The van der Waals surface area contributed by atoms with Gasteiger partial charge in [0.15, 0.2) is 0 Å². The molecule has 0 radical (unpaired) electrons. The molecule has 0 heterocycles. The summed E-state index contributed by atoms with van der Waals surface area (Å²) < 4.78 is 0. The normalized spacial score (nSPS) is 11.2. The number of nitrogens with zero attached hydrogens (tertiary/aromatic N) is 1. The van der Waals surface area contributed by atoms with E-state index in [0.717, 1.165) is 33.8 Å². The van der Waals surface area contributed by atoms with Crippen LogP contribution in [0.5, 0.6) is 0 Å². The summed E-state index contributed by atoms with van der Waals surface area (Å²) in [6.07, 6.45) is 0. The van der Waals surface area contributed by atoms with Crippen LogP contribution in [0.25, 0.3) is 88.3 Å². The van der Waals surface area contributed by atoms with Gasteiger partial charge in [-0.3, -0.25) is 0 Å². The van der Waals surface area contributed by atoms with Crippen LogP contribution in [0.1, 0.15) is 0 Å². The maximum atomic E-state index is 2.43. The Morgan fingerprint density at radius 3 is 1.40 bits per heavy atom. The van der Waals surface area contributed by atoms with Gasteiger partial charge in [0.1, 0.15) is 0 Å². The van der Waals surface area contributed by atoms with Gasteiger partial charge in [-0.05, 0) is 131 Å². The first kappa shape index (κ1) is 37.7. The zero-order valence-electron chi connectivity index (χ0n) is 34.8. The molecule has 0 saturated heterocycles. The van der Waals surface area contributed by atoms with Gasteiger partial charge in [-0.15, -0.1) is 0 Å². The third-order valence-electron chi connectivity index (χ3n) is 12.3. The molecule has 0 aliphatic heterocycles. The molecule has 0 N–H and O–H groups in total. The van der Waals surface area contributed by atoms with Crippen LogP contribution in [-0.2, 0) is 0 Å². The summed E-state index contributed by atoms with van der Waals surface area (Å²) in [5.74, 6) is 0. The average molecular weight is 802 g/mol. The Balaban J connectivity index is 1.08. The maximum Gasteiger partial charge on any atom is 0.0540 e. The van der Waals surface area contributed by atoms with E-state index >= 15 is 0 Å². The lowest BCUT2D eigenvalue weighted by Gasteiger charge is -2.29. The molecule has 63 heavy (non-hydrogen) atoms. The molecule has 11 rings (SSSR count). The number of anilines is 3. The second kappa shape index (κ2) is 16.7. The SMILES string of the molecule is c1ccc(-c2cccc(-c3ccc(N(c4cccc(-c5ccccc5-c5cc6ccccc6c6ccccc56)c4)c4ccc(-c5ccccc5)cc4-c4ccccc4)cc3)c2)cc1. The Bertz CT molecular complexity index is 3370. The van der Waals surface area contributed by atoms with Gasteiger partial charge in [-0.25, -0.2) is 0 Å². The molecule has 1 heteroatoms. The third kappa shape index (κ3) is 7.37. The van der Waals surface area contributed by atoms with Crippen molar-refractivity contribution in [2.45, 2.75) is 0 Å². The lowest BCUT2D eigenvalue weighted by Crippen LogP contribution is -2.11. The monoisotopic (exact) mass is 801 g/mol. The summed E-state index contributed by atoms with van der Waals surface area (Å²) in [6, 6.07) is 94.7. The Morgan fingerprint density at radius 2 is 0.698 bits per heavy atom. The van der Waals surface area contributed by atoms with Crippen molar-refractivity contribution >= 4 is 38.6 Å². The van der Waals surface area contributed by atoms with Crippen molar-refractivity contribution in [2.75, 3.05) is 4.90 Å². The first-order valence-corrected chi connectivity index (χ1v) is 21.7. The fourth-order valence-electron chi connectivity index (χ4n) is 9.19. The minimum Gasteiger partial charge on any atom is -0.310 e. The Labute approximate surface area is 369 Å². The van der Waals surface area contributed by atoms with Crippen LogP contribution in [0.2, 0.25) is 0 Å². The topological polar surface area (TPSA) is 3.24 Å². The van der Waals surface area contributed by atoms with Crippen molar-refractivity contribution in [1.82, 2.24) is 0 Å². The highest BCUT2D eigenvalue weighted by Crippen LogP contribution is 2.45. The van der Waals surface area contributed by atoms with Crippen molar-refractivity contribution in [2.24, 2.45) is 0 Å². The molecular formula is C62H43N. The molecule has 0 aromatic heterocycles. The molecule has 0 bridgehead atoms. The van der Waals surface area contributed by atoms with E-state index in [2.05, 4.69) is 266 Å². The zero-order valence-corrected chi connectivity index (χ0v) is 34.8. The predicted octanol–water partition coefficient (Wildman–Crippen LogP) is 17.5. The van der Waals surface area contributed by atoms with Crippen LogP contribution in [0, 0.1) is 0 Å². The van der Waals surface area contributed by atoms with Crippen molar-refractivity contribution in [3.63, 3.8) is 0 Å². The molecule has 1 nitrogen and oxygen atoms in total. The smallest absolute Gasteiger partial charge is 0.0540 e. The molecule has 0 unspecified atom stereocenters. The fraction of sp³-hybridized carbons (Fsp3) is 0. The highest BCUT2D eigenvalue weighted by atomic mass is 15.1. The summed E-state index contributed by atoms with van der Waals surface area (Å²) in [5.41, 5.74) is 17.5. The van der Waals surface area contributed by atoms with Gasteiger partial charge in [0, 0.05) is 16.9 Å². The standard InChI is InChI=1S/C62H43N/c1-4-18-44(19-5-1)48-25-16-26-49(40-48)46-34-37-53(38-35-46)63(62-39-36-50(45-20-6-2-7-21-45)42-60(62)47-22-8-3-9-23-47)54-28-17-27-51(41-54)55-30-12-13-32-58(55)61-43-52-24-10-11-29-56(52)57-31-14-15-33-59(57)61/h1-43H. The lowest BCUT2D eigenvalue weighted by atomic mass is 9.89. The molecule has 11 aromatic carbocycles. The Hall–Kier alpha value is -8.26. The van der Waals surface area contributed by atoms with E-state index in [0.29, 0.717) is 0 Å². The first-order valence-electron chi connectivity index (χ1n) is 21.7. The van der Waals surface area contributed by atoms with Crippen molar-refractivity contribution in [1.29, 1.82) is 0 Å². The Morgan fingerprint density at radius 1 is 0.206 bits per heavy atom. The van der Waals surface area contributed by atoms with Crippen LogP contribution in [0.3, 0.4) is 0 Å². The van der Waals surface area contributed by atoms with Gasteiger partial charge in [0.25, 0.3) is 0 Å². The molecular weight excluding hydrogens is 759 g/mol. The van der Waals surface area contributed by atoms with E-state index in [1.54, 1.807) is 0 Å². The number of benzene rings is 11. The van der Waals surface area contributed by atoms with Crippen molar-refractivity contribution in [3.8, 4) is 66.8 Å². The quantitative estimate of drug-likeness (QED) is 0.131. The number of hydrogen-bond donors (Lipinski definition) is 0. The molecule has 11 aromatic rings. The van der Waals surface area contributed by atoms with Crippen LogP contribution in [-0.4, -0.2) is 0 Å². The molecule has 0 saturated carbocycles. The van der Waals surface area contributed by atoms with E-state index in [1.165, 1.54) is 71.6 Å². The highest BCUT2D eigenvalue weighted by molar-refractivity contribution is 6.15. The van der Waals surface area contributed by atoms with Crippen molar-refractivity contribution < 1.29 is 0 Å². The molecule has 0 fully saturated rings. The van der Waals surface area contributed by atoms with Crippen molar-refractivity contribution in [3.05, 3.63) is 261 Å². The van der Waals surface area contributed by atoms with Gasteiger partial charge in [0.2, 0.25) is 0 Å². The van der Waals surface area contributed by atoms with Gasteiger partial charge in [-0.2, -0.15) is 0 Å². The number of hydrogen-bond acceptors (Lipinski definition) is 1. The lowest BCUT2D eigenvalue weighted by molar-refractivity contribution is 1.28. The van der Waals surface area contributed by atoms with Gasteiger partial charge in [-0.1, -0.05) is 212 Å². The summed E-state index contributed by atoms with van der Waals surface area (Å²) >= 11 is 0. The number of fused-ring (bicyclic) bond motifs is 3. The summed E-state index contributed by atoms with van der Waals surface area (Å²) in [4.78, 5) is 2.43. The van der Waals surface area contributed by atoms with Gasteiger partial charge in [0.05, 0.1) is 5.69 Å². The minimum atomic E-state index is 1.08.